The molecular weight excluding hydrogens is 672 g/mol. The highest BCUT2D eigenvalue weighted by Gasteiger charge is 2.41. The molecule has 0 saturated heterocycles. The van der Waals surface area contributed by atoms with Gasteiger partial charge in [-0.15, -0.1) is 0 Å². The maximum atomic E-state index is 12.9. The molecule has 0 spiro atoms. The number of nitrogens with two attached hydrogens (primary N) is 1. The minimum atomic E-state index is -0.652. The summed E-state index contributed by atoms with van der Waals surface area (Å²) >= 11 is 10.4. The van der Waals surface area contributed by atoms with Crippen molar-refractivity contribution in [3.63, 3.8) is 0 Å². The Hall–Kier alpha value is -1.79. The molecule has 33 heavy (non-hydrogen) atoms. The van der Waals surface area contributed by atoms with Crippen LogP contribution in [-0.4, -0.2) is 18.9 Å². The van der Waals surface area contributed by atoms with Crippen molar-refractivity contribution in [2.24, 2.45) is 5.73 Å². The second-order valence-electron chi connectivity index (χ2n) is 7.65. The largest absolute Gasteiger partial charge is 0.487 e. The quantitative estimate of drug-likeness (QED) is 0.325. The molecule has 6 nitrogen and oxygen atoms in total. The summed E-state index contributed by atoms with van der Waals surface area (Å²) in [6.45, 7) is 0.383. The average molecular weight is 692 g/mol. The molecule has 0 unspecified atom stereocenters. The number of methoxy groups -OCH3 is 1. The maximum absolute atomic E-state index is 12.9. The van der Waals surface area contributed by atoms with Crippen LogP contribution in [0.3, 0.4) is 0 Å². The molecule has 1 aliphatic carbocycles. The first kappa shape index (κ1) is 24.3. The number of Topliss-reactive ketones (excluding diaryl/α,β-unsaturated/α-hetero) is 1. The van der Waals surface area contributed by atoms with Crippen LogP contribution in [-0.2, 0) is 25.7 Å². The lowest BCUT2D eigenvalue weighted by molar-refractivity contribution is -0.136. The van der Waals surface area contributed by atoms with Gasteiger partial charge in [0.15, 0.2) is 5.78 Å². The number of carbonyl (C=O) groups is 2. The first-order valence-corrected chi connectivity index (χ1v) is 12.7. The fourth-order valence-corrected chi connectivity index (χ4v) is 6.27. The third kappa shape index (κ3) is 5.02. The van der Waals surface area contributed by atoms with Gasteiger partial charge in [0.1, 0.15) is 23.7 Å². The van der Waals surface area contributed by atoms with Gasteiger partial charge in [0.2, 0.25) is 5.88 Å². The van der Waals surface area contributed by atoms with Gasteiger partial charge < -0.3 is 19.9 Å². The first-order chi connectivity index (χ1) is 15.8. The zero-order valence-electron chi connectivity index (χ0n) is 17.6. The Balaban J connectivity index is 1.73. The van der Waals surface area contributed by atoms with E-state index in [2.05, 4.69) is 45.2 Å². The summed E-state index contributed by atoms with van der Waals surface area (Å²) in [5.41, 5.74) is 8.52. The van der Waals surface area contributed by atoms with Crippen molar-refractivity contribution in [1.82, 2.24) is 0 Å². The molecule has 1 heterocycles. The number of allylic oxidation sites excluding steroid dienone is 2. The van der Waals surface area contributed by atoms with Gasteiger partial charge in [0, 0.05) is 23.4 Å². The van der Waals surface area contributed by atoms with Crippen LogP contribution in [0.5, 0.6) is 5.75 Å². The molecule has 1 atom stereocenters. The van der Waals surface area contributed by atoms with Gasteiger partial charge in [-0.2, -0.15) is 0 Å². The molecule has 2 aliphatic rings. The molecule has 0 bridgehead atoms. The molecule has 1 aliphatic heterocycles. The fraction of sp³-hybridized carbons (Fsp3) is 0.250. The molecule has 2 aromatic rings. The zero-order chi connectivity index (χ0) is 23.7. The minimum absolute atomic E-state index is 0.0200. The predicted octanol–water partition coefficient (Wildman–Crippen LogP) is 5.59. The lowest BCUT2D eigenvalue weighted by Gasteiger charge is -2.32. The molecule has 2 aromatic carbocycles. The Morgan fingerprint density at radius 3 is 2.48 bits per heavy atom. The zero-order valence-corrected chi connectivity index (χ0v) is 22.7. The first-order valence-electron chi connectivity index (χ1n) is 10.2. The fourth-order valence-electron chi connectivity index (χ4n) is 4.02. The van der Waals surface area contributed by atoms with Crippen molar-refractivity contribution in [3.05, 3.63) is 82.5 Å². The van der Waals surface area contributed by atoms with E-state index in [0.717, 1.165) is 24.0 Å². The van der Waals surface area contributed by atoms with E-state index in [1.165, 1.54) is 7.11 Å². The lowest BCUT2D eigenvalue weighted by atomic mass is 9.77. The van der Waals surface area contributed by atoms with Crippen LogP contribution >= 0.6 is 56.8 Å². The van der Waals surface area contributed by atoms with Crippen molar-refractivity contribution in [2.75, 3.05) is 7.11 Å². The van der Waals surface area contributed by atoms with Crippen LogP contribution in [0.15, 0.2) is 59.2 Å². The van der Waals surface area contributed by atoms with E-state index in [9.17, 15) is 9.59 Å². The number of hydrogen-bond acceptors (Lipinski definition) is 6. The average Bonchev–Trinajstić information content (AvgIpc) is 2.78. The number of benzene rings is 2. The molecule has 0 saturated carbocycles. The van der Waals surface area contributed by atoms with E-state index in [-0.39, 0.29) is 17.2 Å². The molecule has 172 valence electrons. The third-order valence-corrected chi connectivity index (χ3v) is 7.39. The van der Waals surface area contributed by atoms with Gasteiger partial charge in [0.05, 0.1) is 20.2 Å². The van der Waals surface area contributed by atoms with Crippen molar-refractivity contribution in [3.8, 4) is 5.75 Å². The van der Waals surface area contributed by atoms with Crippen LogP contribution in [0.4, 0.5) is 0 Å². The Morgan fingerprint density at radius 1 is 1.18 bits per heavy atom. The third-order valence-electron chi connectivity index (χ3n) is 5.54. The summed E-state index contributed by atoms with van der Waals surface area (Å²) in [7, 11) is 1.29. The Bertz CT molecular complexity index is 1170. The van der Waals surface area contributed by atoms with Gasteiger partial charge in [-0.1, -0.05) is 23.7 Å². The Labute approximate surface area is 223 Å². The molecule has 0 radical (unpaired) electrons. The number of carbonyl (C=O) groups excluding carboxylic acids is 2. The molecule has 0 amide bonds. The number of hydrogen-bond donors (Lipinski definition) is 1. The van der Waals surface area contributed by atoms with Gasteiger partial charge in [-0.25, -0.2) is 4.79 Å². The van der Waals surface area contributed by atoms with E-state index in [1.807, 2.05) is 36.4 Å². The summed E-state index contributed by atoms with van der Waals surface area (Å²) in [5.74, 6) is -0.0642. The molecule has 9 heteroatoms. The normalized spacial score (nSPS) is 18.1. The van der Waals surface area contributed by atoms with E-state index in [1.54, 1.807) is 0 Å². The van der Waals surface area contributed by atoms with Gasteiger partial charge >= 0.3 is 5.97 Å². The summed E-state index contributed by atoms with van der Waals surface area (Å²) < 4.78 is 18.5. The van der Waals surface area contributed by atoms with E-state index >= 15 is 0 Å². The van der Waals surface area contributed by atoms with Gasteiger partial charge in [0.25, 0.3) is 0 Å². The van der Waals surface area contributed by atoms with Crippen LogP contribution < -0.4 is 10.5 Å². The highest BCUT2D eigenvalue weighted by molar-refractivity contribution is 14.1. The summed E-state index contributed by atoms with van der Waals surface area (Å²) in [5, 5.41) is 0.670. The standard InChI is InChI=1S/C24H20ClI2NO5/c1-31-24(30)21-19(20-17(29)3-2-4-18(20)33-23(21)28)13-9-15(26)22(16(27)10-13)32-11-12-5-7-14(25)8-6-12/h5-10,19H,2-4,11,28H2,1H3/t19-/m1/s1. The molecular formula is C24H20ClI2NO5. The predicted molar refractivity (Wildman–Crippen MR) is 141 cm³/mol. The van der Waals surface area contributed by atoms with Crippen LogP contribution in [0.25, 0.3) is 0 Å². The van der Waals surface area contributed by atoms with Crippen molar-refractivity contribution in [1.29, 1.82) is 0 Å². The number of ether oxygens (including phenoxy) is 3. The van der Waals surface area contributed by atoms with Crippen LogP contribution in [0.2, 0.25) is 5.02 Å². The molecule has 2 N–H and O–H groups in total. The highest BCUT2D eigenvalue weighted by atomic mass is 127. The van der Waals surface area contributed by atoms with Crippen molar-refractivity contribution in [2.45, 2.75) is 31.8 Å². The molecule has 4 rings (SSSR count). The van der Waals surface area contributed by atoms with Crippen LogP contribution in [0.1, 0.15) is 36.3 Å². The van der Waals surface area contributed by atoms with E-state index < -0.39 is 11.9 Å². The number of esters is 1. The lowest BCUT2D eigenvalue weighted by Crippen LogP contribution is -2.31. The van der Waals surface area contributed by atoms with Crippen molar-refractivity contribution < 1.29 is 23.8 Å². The van der Waals surface area contributed by atoms with E-state index in [4.69, 9.17) is 31.5 Å². The topological polar surface area (TPSA) is 87.9 Å². The van der Waals surface area contributed by atoms with Gasteiger partial charge in [-0.3, -0.25) is 4.79 Å². The molecule has 0 aromatic heterocycles. The Kier molecular flexibility index (Phi) is 7.54. The second kappa shape index (κ2) is 10.2. The van der Waals surface area contributed by atoms with Gasteiger partial charge in [-0.05, 0) is 87.0 Å². The summed E-state index contributed by atoms with van der Waals surface area (Å²) in [4.78, 5) is 25.6. The highest BCUT2D eigenvalue weighted by Crippen LogP contribution is 2.45. The molecule has 0 fully saturated rings. The summed E-state index contributed by atoms with van der Waals surface area (Å²) in [6.07, 6.45) is 1.70. The minimum Gasteiger partial charge on any atom is -0.487 e. The summed E-state index contributed by atoms with van der Waals surface area (Å²) in [6, 6.07) is 11.3. The number of halogens is 3. The van der Waals surface area contributed by atoms with Crippen molar-refractivity contribution >= 4 is 68.5 Å². The Morgan fingerprint density at radius 2 is 1.85 bits per heavy atom. The van der Waals surface area contributed by atoms with E-state index in [0.29, 0.717) is 42.2 Å². The smallest absolute Gasteiger partial charge is 0.340 e. The number of ketones is 1. The number of rotatable bonds is 5. The SMILES string of the molecule is COC(=O)C1=C(N)OC2=C(C(=O)CCC2)[C@H]1c1cc(I)c(OCc2ccc(Cl)cc2)c(I)c1. The monoisotopic (exact) mass is 691 g/mol. The maximum Gasteiger partial charge on any atom is 0.340 e. The second-order valence-corrected chi connectivity index (χ2v) is 10.4. The van der Waals surface area contributed by atoms with Crippen LogP contribution in [0, 0.1) is 7.14 Å².